The van der Waals surface area contributed by atoms with Crippen LogP contribution in [0.2, 0.25) is 10.0 Å². The first-order valence-corrected chi connectivity index (χ1v) is 13.7. The van der Waals surface area contributed by atoms with Crippen molar-refractivity contribution in [2.75, 3.05) is 6.61 Å². The van der Waals surface area contributed by atoms with E-state index in [1.165, 1.54) is 11.1 Å². The zero-order chi connectivity index (χ0) is 26.5. The molecule has 1 heterocycles. The van der Waals surface area contributed by atoms with Crippen molar-refractivity contribution < 1.29 is 9.47 Å². The van der Waals surface area contributed by atoms with E-state index in [1.807, 2.05) is 49.4 Å². The number of benzene rings is 3. The second-order valence-corrected chi connectivity index (χ2v) is 10.2. The fraction of sp³-hybridized carbons (Fsp3) is 0.300. The van der Waals surface area contributed by atoms with Crippen molar-refractivity contribution >= 4 is 40.3 Å². The van der Waals surface area contributed by atoms with Crippen LogP contribution in [0.25, 0.3) is 10.9 Å². The molecule has 196 valence electrons. The van der Waals surface area contributed by atoms with Crippen LogP contribution < -0.4 is 15.0 Å². The molecule has 0 aliphatic heterocycles. The quantitative estimate of drug-likeness (QED) is 0.212. The second-order valence-electron chi connectivity index (χ2n) is 9.36. The highest BCUT2D eigenvalue weighted by atomic mass is 35.5. The Balaban J connectivity index is 1.44. The molecular weight excluding hydrogens is 521 g/mol. The van der Waals surface area contributed by atoms with E-state index in [1.54, 1.807) is 24.4 Å². The first-order chi connectivity index (χ1) is 18.5. The average molecular weight is 550 g/mol. The summed E-state index contributed by atoms with van der Waals surface area (Å²) in [6.07, 6.45) is 7.20. The molecular formula is C30H29Cl2N3O3. The van der Waals surface area contributed by atoms with Gasteiger partial charge in [0.2, 0.25) is 0 Å². The number of para-hydroxylation sites is 1. The first kappa shape index (κ1) is 26.3. The van der Waals surface area contributed by atoms with Gasteiger partial charge in [0, 0.05) is 5.92 Å². The fourth-order valence-electron chi connectivity index (χ4n) is 4.78. The standard InChI is InChI=1S/C30H29Cl2N3O3/c1-2-37-28-17-20(13-15-27(28)38-19-21-12-14-24(31)25(32)16-21)18-33-35-29(22-8-4-3-5-9-22)34-26-11-7-6-10-23(26)30(35)36/h6-7,10-18,22H,2-5,8-9,19H2,1H3. The van der Waals surface area contributed by atoms with Crippen LogP contribution in [0.3, 0.4) is 0 Å². The molecule has 1 fully saturated rings. The molecule has 1 saturated carbocycles. The Labute approximate surface area is 231 Å². The van der Waals surface area contributed by atoms with E-state index in [4.69, 9.17) is 37.7 Å². The summed E-state index contributed by atoms with van der Waals surface area (Å²) >= 11 is 12.1. The number of hydrogen-bond acceptors (Lipinski definition) is 5. The number of ether oxygens (including phenoxy) is 2. The molecule has 1 aromatic heterocycles. The van der Waals surface area contributed by atoms with Crippen LogP contribution >= 0.6 is 23.2 Å². The number of rotatable bonds is 8. The summed E-state index contributed by atoms with van der Waals surface area (Å²) < 4.78 is 13.3. The molecule has 0 bridgehead atoms. The van der Waals surface area contributed by atoms with Crippen LogP contribution in [0.5, 0.6) is 11.5 Å². The zero-order valence-electron chi connectivity index (χ0n) is 21.2. The topological polar surface area (TPSA) is 65.7 Å². The Morgan fingerprint density at radius 2 is 1.79 bits per heavy atom. The van der Waals surface area contributed by atoms with Gasteiger partial charge in [-0.15, -0.1) is 0 Å². The Hall–Kier alpha value is -3.35. The van der Waals surface area contributed by atoms with E-state index < -0.39 is 0 Å². The van der Waals surface area contributed by atoms with E-state index in [9.17, 15) is 4.79 Å². The van der Waals surface area contributed by atoms with Crippen LogP contribution in [0.4, 0.5) is 0 Å². The van der Waals surface area contributed by atoms with Gasteiger partial charge in [-0.25, -0.2) is 4.98 Å². The molecule has 0 amide bonds. The minimum absolute atomic E-state index is 0.154. The number of nitrogens with zero attached hydrogens (tertiary/aromatic N) is 3. The Morgan fingerprint density at radius 3 is 2.58 bits per heavy atom. The number of fused-ring (bicyclic) bond motifs is 1. The van der Waals surface area contributed by atoms with Crippen molar-refractivity contribution in [1.82, 2.24) is 9.66 Å². The van der Waals surface area contributed by atoms with Gasteiger partial charge in [-0.3, -0.25) is 4.79 Å². The van der Waals surface area contributed by atoms with E-state index >= 15 is 0 Å². The van der Waals surface area contributed by atoms with Crippen LogP contribution in [0.1, 0.15) is 61.9 Å². The van der Waals surface area contributed by atoms with Crippen LogP contribution in [-0.2, 0) is 6.61 Å². The fourth-order valence-corrected chi connectivity index (χ4v) is 5.11. The van der Waals surface area contributed by atoms with Gasteiger partial charge < -0.3 is 9.47 Å². The predicted molar refractivity (Wildman–Crippen MR) is 153 cm³/mol. The molecule has 0 unspecified atom stereocenters. The highest BCUT2D eigenvalue weighted by Gasteiger charge is 2.22. The molecule has 0 saturated heterocycles. The van der Waals surface area contributed by atoms with E-state index in [0.29, 0.717) is 45.7 Å². The third kappa shape index (κ3) is 5.87. The average Bonchev–Trinajstić information content (AvgIpc) is 2.94. The molecule has 38 heavy (non-hydrogen) atoms. The third-order valence-corrected chi connectivity index (χ3v) is 7.46. The van der Waals surface area contributed by atoms with Gasteiger partial charge in [0.25, 0.3) is 5.56 Å². The number of aromatic nitrogens is 2. The third-order valence-electron chi connectivity index (χ3n) is 6.72. The Kier molecular flexibility index (Phi) is 8.30. The predicted octanol–water partition coefficient (Wildman–Crippen LogP) is 7.61. The van der Waals surface area contributed by atoms with E-state index in [0.717, 1.165) is 42.6 Å². The summed E-state index contributed by atoms with van der Waals surface area (Å²) in [6.45, 7) is 2.71. The van der Waals surface area contributed by atoms with Gasteiger partial charge in [0.1, 0.15) is 12.4 Å². The lowest BCUT2D eigenvalue weighted by Crippen LogP contribution is -2.25. The molecule has 4 aromatic rings. The molecule has 0 N–H and O–H groups in total. The van der Waals surface area contributed by atoms with Crippen molar-refractivity contribution in [3.63, 3.8) is 0 Å². The summed E-state index contributed by atoms with van der Waals surface area (Å²) in [6, 6.07) is 18.4. The summed E-state index contributed by atoms with van der Waals surface area (Å²) in [5, 5.41) is 6.18. The highest BCUT2D eigenvalue weighted by molar-refractivity contribution is 6.42. The first-order valence-electron chi connectivity index (χ1n) is 12.9. The molecule has 6 nitrogen and oxygen atoms in total. The minimum atomic E-state index is -0.154. The van der Waals surface area contributed by atoms with Gasteiger partial charge in [0.15, 0.2) is 11.5 Å². The zero-order valence-corrected chi connectivity index (χ0v) is 22.7. The Morgan fingerprint density at radius 1 is 0.974 bits per heavy atom. The van der Waals surface area contributed by atoms with E-state index in [2.05, 4.69) is 5.10 Å². The molecule has 8 heteroatoms. The molecule has 3 aromatic carbocycles. The molecule has 0 spiro atoms. The van der Waals surface area contributed by atoms with Gasteiger partial charge in [-0.2, -0.15) is 9.78 Å². The maximum atomic E-state index is 13.4. The van der Waals surface area contributed by atoms with Crippen molar-refractivity contribution in [3.8, 4) is 11.5 Å². The maximum Gasteiger partial charge on any atom is 0.282 e. The van der Waals surface area contributed by atoms with E-state index in [-0.39, 0.29) is 11.5 Å². The maximum absolute atomic E-state index is 13.4. The lowest BCUT2D eigenvalue weighted by Gasteiger charge is -2.22. The van der Waals surface area contributed by atoms with Crippen molar-refractivity contribution in [2.45, 2.75) is 51.6 Å². The highest BCUT2D eigenvalue weighted by Crippen LogP contribution is 2.32. The summed E-state index contributed by atoms with van der Waals surface area (Å²) in [5.41, 5.74) is 2.24. The molecule has 0 atom stereocenters. The minimum Gasteiger partial charge on any atom is -0.490 e. The molecule has 1 aliphatic carbocycles. The van der Waals surface area contributed by atoms with Crippen LogP contribution in [-0.4, -0.2) is 22.5 Å². The van der Waals surface area contributed by atoms with Gasteiger partial charge >= 0.3 is 0 Å². The SMILES string of the molecule is CCOc1cc(C=Nn2c(C3CCCCC3)nc3ccccc3c2=O)ccc1OCc1ccc(Cl)c(Cl)c1. The largest absolute Gasteiger partial charge is 0.490 e. The smallest absolute Gasteiger partial charge is 0.282 e. The van der Waals surface area contributed by atoms with Gasteiger partial charge in [0.05, 0.1) is 33.8 Å². The number of halogens is 2. The van der Waals surface area contributed by atoms with Crippen LogP contribution in [0.15, 0.2) is 70.6 Å². The van der Waals surface area contributed by atoms with Crippen molar-refractivity contribution in [2.24, 2.45) is 5.10 Å². The summed E-state index contributed by atoms with van der Waals surface area (Å²) in [5.74, 6) is 2.14. The van der Waals surface area contributed by atoms with Gasteiger partial charge in [-0.05, 0) is 73.4 Å². The Bertz CT molecular complexity index is 1530. The van der Waals surface area contributed by atoms with Crippen molar-refractivity contribution in [3.05, 3.63) is 98.0 Å². The van der Waals surface area contributed by atoms with Crippen molar-refractivity contribution in [1.29, 1.82) is 0 Å². The molecule has 1 aliphatic rings. The number of hydrogen-bond donors (Lipinski definition) is 0. The van der Waals surface area contributed by atoms with Gasteiger partial charge in [-0.1, -0.05) is 60.7 Å². The summed E-state index contributed by atoms with van der Waals surface area (Å²) in [4.78, 5) is 18.3. The lowest BCUT2D eigenvalue weighted by molar-refractivity contribution is 0.269. The molecule has 5 rings (SSSR count). The molecule has 0 radical (unpaired) electrons. The lowest BCUT2D eigenvalue weighted by atomic mass is 9.88. The normalized spacial score (nSPS) is 14.3. The monoisotopic (exact) mass is 549 g/mol. The van der Waals surface area contributed by atoms with Crippen LogP contribution in [0, 0.1) is 0 Å². The summed E-state index contributed by atoms with van der Waals surface area (Å²) in [7, 11) is 0. The second kappa shape index (κ2) is 12.0.